The van der Waals surface area contributed by atoms with Crippen molar-refractivity contribution in [1.29, 1.82) is 0 Å². The van der Waals surface area contributed by atoms with Crippen LogP contribution in [0.5, 0.6) is 5.75 Å². The number of fused-ring (bicyclic) bond motifs is 1. The minimum Gasteiger partial charge on any atom is -0.507 e. The molecule has 0 bridgehead atoms. The van der Waals surface area contributed by atoms with E-state index < -0.39 is 5.97 Å². The van der Waals surface area contributed by atoms with Crippen LogP contribution in [0.2, 0.25) is 0 Å². The Bertz CT molecular complexity index is 668. The molecule has 0 saturated carbocycles. The van der Waals surface area contributed by atoms with E-state index in [0.717, 1.165) is 0 Å². The van der Waals surface area contributed by atoms with E-state index in [1.54, 1.807) is 37.3 Å². The fraction of sp³-hybridized carbons (Fsp3) is 0.364. The molecule has 1 heterocycles. The van der Waals surface area contributed by atoms with E-state index in [1.807, 2.05) is 26.8 Å². The van der Waals surface area contributed by atoms with Gasteiger partial charge in [0.2, 0.25) is 0 Å². The number of esters is 1. The molecule has 4 nitrogen and oxygen atoms in total. The first-order valence-electron chi connectivity index (χ1n) is 8.72. The standard InChI is InChI=1S/C18H20O4.C2H6.C2H2/c1-12-6-3-8-14-9-5-11-16(20)17(14)18(21)22-13(2)7-4-10-15(12)19;2*1-2/h3-5,8-13,20H,6-7H2,1-2H3;1-2H3;1-2H/b8-3+,10-4-;;/t12-,13-;;/m0../s1. The Morgan fingerprint density at radius 3 is 2.31 bits per heavy atom. The summed E-state index contributed by atoms with van der Waals surface area (Å²) in [6, 6.07) is 4.87. The number of rotatable bonds is 0. The maximum atomic E-state index is 12.3. The van der Waals surface area contributed by atoms with Crippen molar-refractivity contribution in [2.45, 2.75) is 46.6 Å². The van der Waals surface area contributed by atoms with Crippen molar-refractivity contribution >= 4 is 17.8 Å². The van der Waals surface area contributed by atoms with Gasteiger partial charge < -0.3 is 9.84 Å². The molecule has 4 heteroatoms. The van der Waals surface area contributed by atoms with Gasteiger partial charge in [0.05, 0.1) is 0 Å². The number of aromatic hydroxyl groups is 1. The van der Waals surface area contributed by atoms with Gasteiger partial charge in [0.1, 0.15) is 17.4 Å². The molecule has 0 radical (unpaired) electrons. The second kappa shape index (κ2) is 12.5. The minimum absolute atomic E-state index is 0.0542. The van der Waals surface area contributed by atoms with Crippen LogP contribution in [0.25, 0.3) is 6.08 Å². The fourth-order valence-electron chi connectivity index (χ4n) is 2.26. The van der Waals surface area contributed by atoms with Gasteiger partial charge in [-0.1, -0.05) is 51.1 Å². The highest BCUT2D eigenvalue weighted by Gasteiger charge is 2.19. The number of hydrogen-bond acceptors (Lipinski definition) is 4. The summed E-state index contributed by atoms with van der Waals surface area (Å²) in [5.74, 6) is -0.731. The van der Waals surface area contributed by atoms with E-state index in [9.17, 15) is 14.7 Å². The highest BCUT2D eigenvalue weighted by atomic mass is 16.5. The van der Waals surface area contributed by atoms with Crippen LogP contribution < -0.4 is 0 Å². The van der Waals surface area contributed by atoms with E-state index in [-0.39, 0.29) is 29.1 Å². The van der Waals surface area contributed by atoms with Crippen LogP contribution in [0.3, 0.4) is 0 Å². The summed E-state index contributed by atoms with van der Waals surface area (Å²) in [5.41, 5.74) is 0.747. The third-order valence-electron chi connectivity index (χ3n) is 3.61. The smallest absolute Gasteiger partial charge is 0.342 e. The molecule has 26 heavy (non-hydrogen) atoms. The van der Waals surface area contributed by atoms with Gasteiger partial charge in [-0.2, -0.15) is 0 Å². The van der Waals surface area contributed by atoms with Gasteiger partial charge in [-0.15, -0.1) is 12.8 Å². The average Bonchev–Trinajstić information content (AvgIpc) is 2.64. The molecular weight excluding hydrogens is 328 g/mol. The second-order valence-electron chi connectivity index (χ2n) is 5.54. The first kappa shape index (κ1) is 23.2. The lowest BCUT2D eigenvalue weighted by Gasteiger charge is -2.13. The van der Waals surface area contributed by atoms with Crippen molar-refractivity contribution in [2.24, 2.45) is 5.92 Å². The Morgan fingerprint density at radius 2 is 1.65 bits per heavy atom. The Labute approximate surface area is 156 Å². The van der Waals surface area contributed by atoms with Crippen LogP contribution in [0.4, 0.5) is 0 Å². The number of benzene rings is 1. The van der Waals surface area contributed by atoms with Crippen LogP contribution in [-0.4, -0.2) is 23.0 Å². The number of carbonyl (C=O) groups excluding carboxylic acids is 2. The first-order chi connectivity index (χ1) is 12.5. The maximum Gasteiger partial charge on any atom is 0.342 e. The number of terminal acetylenes is 1. The summed E-state index contributed by atoms with van der Waals surface area (Å²) >= 11 is 0. The zero-order valence-electron chi connectivity index (χ0n) is 15.9. The van der Waals surface area contributed by atoms with E-state index in [0.29, 0.717) is 18.4 Å². The summed E-state index contributed by atoms with van der Waals surface area (Å²) in [4.78, 5) is 24.2. The summed E-state index contributed by atoms with van der Waals surface area (Å²) < 4.78 is 5.34. The molecule has 1 aromatic carbocycles. The predicted octanol–water partition coefficient (Wildman–Crippen LogP) is 4.78. The lowest BCUT2D eigenvalue weighted by molar-refractivity contribution is -0.117. The molecule has 0 unspecified atom stereocenters. The molecule has 2 atom stereocenters. The van der Waals surface area contributed by atoms with Crippen LogP contribution in [-0.2, 0) is 9.53 Å². The van der Waals surface area contributed by atoms with Crippen molar-refractivity contribution in [3.63, 3.8) is 0 Å². The predicted molar refractivity (Wildman–Crippen MR) is 106 cm³/mol. The van der Waals surface area contributed by atoms with Gasteiger partial charge >= 0.3 is 5.97 Å². The van der Waals surface area contributed by atoms with Gasteiger partial charge in [0.25, 0.3) is 0 Å². The molecular formula is C22H28O4. The molecule has 0 aliphatic carbocycles. The molecule has 140 valence electrons. The van der Waals surface area contributed by atoms with E-state index in [1.165, 1.54) is 6.07 Å². The quantitative estimate of drug-likeness (QED) is 0.537. The highest BCUT2D eigenvalue weighted by molar-refractivity contribution is 5.96. The van der Waals surface area contributed by atoms with Gasteiger partial charge in [0, 0.05) is 12.3 Å². The zero-order chi connectivity index (χ0) is 20.1. The third kappa shape index (κ3) is 6.98. The second-order valence-corrected chi connectivity index (χ2v) is 5.54. The maximum absolute atomic E-state index is 12.3. The summed E-state index contributed by atoms with van der Waals surface area (Å²) in [5, 5.41) is 9.96. The van der Waals surface area contributed by atoms with Crippen LogP contribution >= 0.6 is 0 Å². The number of ether oxygens (including phenoxy) is 1. The van der Waals surface area contributed by atoms with Crippen molar-refractivity contribution in [1.82, 2.24) is 0 Å². The van der Waals surface area contributed by atoms with Crippen LogP contribution in [0, 0.1) is 18.8 Å². The molecule has 0 spiro atoms. The van der Waals surface area contributed by atoms with Crippen LogP contribution in [0.1, 0.15) is 56.5 Å². The summed E-state index contributed by atoms with van der Waals surface area (Å²) in [6.07, 6.45) is 15.5. The Hall–Kier alpha value is -2.80. The normalized spacial score (nSPS) is 22.2. The Morgan fingerprint density at radius 1 is 1.04 bits per heavy atom. The Kier molecular flexibility index (Phi) is 11.2. The zero-order valence-corrected chi connectivity index (χ0v) is 15.9. The van der Waals surface area contributed by atoms with Crippen molar-refractivity contribution in [2.75, 3.05) is 0 Å². The molecule has 2 rings (SSSR count). The molecule has 0 fully saturated rings. The molecule has 1 aliphatic heterocycles. The minimum atomic E-state index is -0.558. The number of carbonyl (C=O) groups is 2. The van der Waals surface area contributed by atoms with Crippen molar-refractivity contribution in [3.05, 3.63) is 47.6 Å². The van der Waals surface area contributed by atoms with E-state index >= 15 is 0 Å². The molecule has 1 aliphatic rings. The monoisotopic (exact) mass is 356 g/mol. The van der Waals surface area contributed by atoms with Gasteiger partial charge in [0.15, 0.2) is 5.78 Å². The number of allylic oxidation sites excluding steroid dienone is 2. The average molecular weight is 356 g/mol. The van der Waals surface area contributed by atoms with E-state index in [2.05, 4.69) is 12.8 Å². The number of ketones is 1. The third-order valence-corrected chi connectivity index (χ3v) is 3.61. The molecule has 1 aromatic rings. The van der Waals surface area contributed by atoms with Gasteiger partial charge in [-0.05, 0) is 31.1 Å². The number of hydrogen-bond donors (Lipinski definition) is 1. The number of phenols is 1. The first-order valence-corrected chi connectivity index (χ1v) is 8.72. The van der Waals surface area contributed by atoms with Gasteiger partial charge in [-0.3, -0.25) is 4.79 Å². The lowest BCUT2D eigenvalue weighted by atomic mass is 10.00. The molecule has 1 N–H and O–H groups in total. The van der Waals surface area contributed by atoms with Crippen LogP contribution in [0.15, 0.2) is 36.4 Å². The Balaban J connectivity index is 0.00000146. The van der Waals surface area contributed by atoms with Crippen molar-refractivity contribution < 1.29 is 19.4 Å². The fourth-order valence-corrected chi connectivity index (χ4v) is 2.26. The van der Waals surface area contributed by atoms with E-state index in [4.69, 9.17) is 4.74 Å². The largest absolute Gasteiger partial charge is 0.507 e. The SMILES string of the molecule is C#C.CC.C[C@H]1C/C=C\C(=O)[C@@H](C)C/C=C/c2cccc(O)c2C(=O)O1. The highest BCUT2D eigenvalue weighted by Crippen LogP contribution is 2.25. The van der Waals surface area contributed by atoms with Crippen molar-refractivity contribution in [3.8, 4) is 18.6 Å². The molecule has 0 aromatic heterocycles. The number of cyclic esters (lactones) is 1. The lowest BCUT2D eigenvalue weighted by Crippen LogP contribution is -2.15. The summed E-state index contributed by atoms with van der Waals surface area (Å²) in [6.45, 7) is 7.62. The van der Waals surface area contributed by atoms with Gasteiger partial charge in [-0.25, -0.2) is 4.79 Å². The molecule has 0 saturated heterocycles. The molecule has 0 amide bonds. The topological polar surface area (TPSA) is 63.6 Å². The number of phenolic OH excluding ortho intramolecular Hbond substituents is 1. The summed E-state index contributed by atoms with van der Waals surface area (Å²) in [7, 11) is 0.